The summed E-state index contributed by atoms with van der Waals surface area (Å²) in [6, 6.07) is 0. The summed E-state index contributed by atoms with van der Waals surface area (Å²) in [5.74, 6) is 0.0566. The van der Waals surface area contributed by atoms with Crippen LogP contribution in [0.4, 0.5) is 5.82 Å². The summed E-state index contributed by atoms with van der Waals surface area (Å²) in [5, 5.41) is 20.6. The number of phosphoric acid groups is 2. The van der Waals surface area contributed by atoms with Gasteiger partial charge in [-0.05, 0) is 13.0 Å². The molecule has 0 saturated carbocycles. The second kappa shape index (κ2) is 10.3. The van der Waals surface area contributed by atoms with Crippen LogP contribution in [0, 0.1) is 0 Å². The number of fused-ring (bicyclic) bond motifs is 1. The molecule has 2 aromatic heterocycles. The lowest BCUT2D eigenvalue weighted by molar-refractivity contribution is -0.0503. The number of nitrogen functional groups attached to an aromatic ring is 1. The maximum absolute atomic E-state index is 12.1. The third-order valence-electron chi connectivity index (χ3n) is 4.48. The average molecular weight is 548 g/mol. The van der Waals surface area contributed by atoms with Crippen LogP contribution in [-0.4, -0.2) is 82.0 Å². The molecule has 3 heterocycles. The Bertz CT molecular complexity index is 1160. The number of imidazole rings is 1. The van der Waals surface area contributed by atoms with Crippen molar-refractivity contribution >= 4 is 40.2 Å². The van der Waals surface area contributed by atoms with Crippen molar-refractivity contribution in [2.24, 2.45) is 5.73 Å². The van der Waals surface area contributed by atoms with E-state index in [0.29, 0.717) is 0 Å². The number of rotatable bonds is 11. The average Bonchev–Trinajstić information content (AvgIpc) is 3.26. The van der Waals surface area contributed by atoms with E-state index in [1.54, 1.807) is 0 Å². The normalized spacial score (nSPS) is 28.4. The van der Waals surface area contributed by atoms with Crippen molar-refractivity contribution in [1.82, 2.24) is 19.5 Å². The second-order valence-electron chi connectivity index (χ2n) is 7.03. The summed E-state index contributed by atoms with van der Waals surface area (Å²) in [7, 11) is -15.6. The van der Waals surface area contributed by atoms with Gasteiger partial charge in [0.2, 0.25) is 0 Å². The van der Waals surface area contributed by atoms with Gasteiger partial charge in [0.05, 0.1) is 19.1 Å². The number of hydrogen-bond donors (Lipinski definition) is 7. The van der Waals surface area contributed by atoms with Crippen LogP contribution in [0.3, 0.4) is 0 Å². The molecule has 0 radical (unpaired) electrons. The molecule has 7 unspecified atom stereocenters. The van der Waals surface area contributed by atoms with Crippen LogP contribution in [0.5, 0.6) is 0 Å². The number of aliphatic hydroxyl groups is 2. The minimum absolute atomic E-state index is 0.0160. The van der Waals surface area contributed by atoms with Gasteiger partial charge in [0, 0.05) is 0 Å². The van der Waals surface area contributed by atoms with E-state index in [0.717, 1.165) is 6.33 Å². The highest BCUT2D eigenvalue weighted by Crippen LogP contribution is 2.67. The van der Waals surface area contributed by atoms with Crippen molar-refractivity contribution in [2.45, 2.75) is 31.0 Å². The SMILES string of the molecule is NCCCP(=O)(O)OP(=O)(O)OP(=O)(O)OCC1OC(n2cnc3c(N)ncnc32)C(O)C1O. The summed E-state index contributed by atoms with van der Waals surface area (Å²) in [4.78, 5) is 40.5. The number of aromatic nitrogens is 4. The van der Waals surface area contributed by atoms with Gasteiger partial charge >= 0.3 is 23.2 Å². The number of aliphatic hydroxyl groups excluding tert-OH is 2. The fourth-order valence-corrected chi connectivity index (χ4v) is 7.14. The van der Waals surface area contributed by atoms with E-state index in [4.69, 9.17) is 16.2 Å². The first-order valence-electron chi connectivity index (χ1n) is 9.44. The first-order chi connectivity index (χ1) is 15.8. The summed E-state index contributed by atoms with van der Waals surface area (Å²) in [6.45, 7) is -0.923. The van der Waals surface area contributed by atoms with Gasteiger partial charge in [0.25, 0.3) is 0 Å². The van der Waals surface area contributed by atoms with Crippen molar-refractivity contribution in [3.05, 3.63) is 12.7 Å². The van der Waals surface area contributed by atoms with Crippen molar-refractivity contribution in [3.63, 3.8) is 0 Å². The zero-order valence-corrected chi connectivity index (χ0v) is 19.9. The number of nitrogens with zero attached hydrogens (tertiary/aromatic N) is 4. The van der Waals surface area contributed by atoms with Crippen LogP contribution in [-0.2, 0) is 31.6 Å². The van der Waals surface area contributed by atoms with Crippen molar-refractivity contribution in [2.75, 3.05) is 25.0 Å². The zero-order valence-electron chi connectivity index (χ0n) is 17.2. The summed E-state index contributed by atoms with van der Waals surface area (Å²) < 4.78 is 55.0. The van der Waals surface area contributed by atoms with Gasteiger partial charge in [0.1, 0.15) is 30.2 Å². The minimum Gasteiger partial charge on any atom is -0.387 e. The Morgan fingerprint density at radius 1 is 1.06 bits per heavy atom. The summed E-state index contributed by atoms with van der Waals surface area (Å²) >= 11 is 0. The third kappa shape index (κ3) is 6.44. The van der Waals surface area contributed by atoms with Gasteiger partial charge in [-0.25, -0.2) is 28.4 Å². The molecule has 1 aliphatic rings. The van der Waals surface area contributed by atoms with Gasteiger partial charge in [-0.2, -0.15) is 4.31 Å². The van der Waals surface area contributed by atoms with Crippen LogP contribution >= 0.6 is 23.2 Å². The molecular formula is C13H23N6O12P3. The molecule has 18 nitrogen and oxygen atoms in total. The Morgan fingerprint density at radius 2 is 1.76 bits per heavy atom. The summed E-state index contributed by atoms with van der Waals surface area (Å²) in [5.41, 5.74) is 11.2. The fraction of sp³-hybridized carbons (Fsp3) is 0.615. The molecule has 0 aromatic carbocycles. The lowest BCUT2D eigenvalue weighted by Crippen LogP contribution is -2.33. The number of anilines is 1. The number of ether oxygens (including phenoxy) is 1. The van der Waals surface area contributed by atoms with E-state index in [2.05, 4.69) is 28.1 Å². The highest BCUT2D eigenvalue weighted by molar-refractivity contribution is 7.68. The monoisotopic (exact) mass is 548 g/mol. The molecule has 34 heavy (non-hydrogen) atoms. The molecule has 3 rings (SSSR count). The molecule has 1 aliphatic heterocycles. The molecule has 0 spiro atoms. The summed E-state index contributed by atoms with van der Waals surface area (Å²) in [6.07, 6.45) is -4.18. The molecule has 192 valence electrons. The fourth-order valence-electron chi connectivity index (χ4n) is 2.98. The lowest BCUT2D eigenvalue weighted by atomic mass is 10.1. The maximum Gasteiger partial charge on any atom is 0.488 e. The first-order valence-corrected chi connectivity index (χ1v) is 14.2. The smallest absolute Gasteiger partial charge is 0.387 e. The number of hydrogen-bond acceptors (Lipinski definition) is 14. The third-order valence-corrected chi connectivity index (χ3v) is 9.34. The molecule has 21 heteroatoms. The molecule has 0 aliphatic carbocycles. The Labute approximate surface area is 191 Å². The standard InChI is InChI=1S/C13H23N6O12P3/c14-2-1-3-32(22,23)30-34(26,27)31-33(24,25)28-4-7-9(20)10(21)13(29-7)19-6-18-8-11(15)16-5-17-12(8)19/h5-7,9-10,13,20-21H,1-4,14H2,(H,22,23)(H,24,25)(H,26,27)(H2,15,16,17). The van der Waals surface area contributed by atoms with Gasteiger partial charge in [-0.15, -0.1) is 0 Å². The van der Waals surface area contributed by atoms with Crippen LogP contribution < -0.4 is 11.5 Å². The number of phosphoric ester groups is 1. The van der Waals surface area contributed by atoms with Gasteiger partial charge < -0.3 is 41.1 Å². The maximum atomic E-state index is 12.1. The predicted molar refractivity (Wildman–Crippen MR) is 112 cm³/mol. The largest absolute Gasteiger partial charge is 0.488 e. The molecule has 1 fully saturated rings. The Morgan fingerprint density at radius 3 is 2.44 bits per heavy atom. The van der Waals surface area contributed by atoms with Gasteiger partial charge in [-0.3, -0.25) is 13.7 Å². The van der Waals surface area contributed by atoms with Gasteiger partial charge in [-0.1, -0.05) is 0 Å². The van der Waals surface area contributed by atoms with E-state index in [1.807, 2.05) is 0 Å². The van der Waals surface area contributed by atoms with E-state index in [9.17, 15) is 38.6 Å². The van der Waals surface area contributed by atoms with Crippen LogP contribution in [0.2, 0.25) is 0 Å². The van der Waals surface area contributed by atoms with E-state index >= 15 is 0 Å². The van der Waals surface area contributed by atoms with Crippen LogP contribution in [0.1, 0.15) is 12.6 Å². The van der Waals surface area contributed by atoms with E-state index < -0.39 is 60.5 Å². The Balaban J connectivity index is 1.64. The quantitative estimate of drug-likeness (QED) is 0.162. The van der Waals surface area contributed by atoms with Crippen molar-refractivity contribution in [1.29, 1.82) is 0 Å². The second-order valence-corrected chi connectivity index (χ2v) is 12.2. The van der Waals surface area contributed by atoms with Gasteiger partial charge in [0.15, 0.2) is 17.7 Å². The highest BCUT2D eigenvalue weighted by Gasteiger charge is 2.47. The minimum atomic E-state index is -5.53. The van der Waals surface area contributed by atoms with Crippen LogP contribution in [0.25, 0.3) is 11.2 Å². The zero-order chi connectivity index (χ0) is 25.3. The first kappa shape index (κ1) is 27.2. The van der Waals surface area contributed by atoms with Crippen LogP contribution in [0.15, 0.2) is 12.7 Å². The number of nitrogens with two attached hydrogens (primary N) is 2. The Hall–Kier alpha value is -1.36. The molecule has 0 bridgehead atoms. The predicted octanol–water partition coefficient (Wildman–Crippen LogP) is -1.19. The Kier molecular flexibility index (Phi) is 8.27. The lowest BCUT2D eigenvalue weighted by Gasteiger charge is -2.20. The molecular weight excluding hydrogens is 525 g/mol. The van der Waals surface area contributed by atoms with Crippen molar-refractivity contribution in [3.8, 4) is 0 Å². The van der Waals surface area contributed by atoms with Crippen molar-refractivity contribution < 1.29 is 56.5 Å². The topological polar surface area (TPSA) is 285 Å². The molecule has 0 amide bonds. The molecule has 9 N–H and O–H groups in total. The highest BCUT2D eigenvalue weighted by atomic mass is 31.3. The molecule has 2 aromatic rings. The van der Waals surface area contributed by atoms with E-state index in [-0.39, 0.29) is 29.9 Å². The molecule has 7 atom stereocenters. The molecule has 1 saturated heterocycles. The van der Waals surface area contributed by atoms with E-state index in [1.165, 1.54) is 10.9 Å².